The molecule has 2 fully saturated rings. The van der Waals surface area contributed by atoms with E-state index < -0.39 is 0 Å². The Morgan fingerprint density at radius 1 is 1.32 bits per heavy atom. The highest BCUT2D eigenvalue weighted by Gasteiger charge is 2.32. The molecular formula is C16H21N3. The van der Waals surface area contributed by atoms with Gasteiger partial charge in [-0.05, 0) is 55.7 Å². The molecule has 1 atom stereocenters. The molecule has 2 aromatic rings. The molecule has 0 bridgehead atoms. The van der Waals surface area contributed by atoms with Crippen molar-refractivity contribution in [3.8, 4) is 0 Å². The Bertz CT molecular complexity index is 620. The molecule has 3 nitrogen and oxygen atoms in total. The number of hydrogen-bond donors (Lipinski definition) is 1. The zero-order valence-electron chi connectivity index (χ0n) is 11.5. The molecule has 1 aromatic heterocycles. The van der Waals surface area contributed by atoms with E-state index in [0.717, 1.165) is 29.6 Å². The van der Waals surface area contributed by atoms with Crippen LogP contribution in [0.15, 0.2) is 18.2 Å². The number of rotatable bonds is 4. The Morgan fingerprint density at radius 3 is 2.79 bits per heavy atom. The fourth-order valence-corrected chi connectivity index (χ4v) is 3.11. The molecule has 1 unspecified atom stereocenters. The molecule has 1 aromatic carbocycles. The SMILES string of the molecule is CC(Cn1c(C2CC2)nc2cc(N)ccc21)C1CC1. The van der Waals surface area contributed by atoms with E-state index in [1.807, 2.05) is 12.1 Å². The highest BCUT2D eigenvalue weighted by Crippen LogP contribution is 2.43. The van der Waals surface area contributed by atoms with Gasteiger partial charge in [-0.2, -0.15) is 0 Å². The normalized spacial score (nSPS) is 20.9. The van der Waals surface area contributed by atoms with Crippen molar-refractivity contribution in [1.29, 1.82) is 0 Å². The lowest BCUT2D eigenvalue weighted by molar-refractivity contribution is 0.428. The summed E-state index contributed by atoms with van der Waals surface area (Å²) >= 11 is 0. The van der Waals surface area contributed by atoms with Crippen molar-refractivity contribution in [2.24, 2.45) is 11.8 Å². The fourth-order valence-electron chi connectivity index (χ4n) is 3.11. The lowest BCUT2D eigenvalue weighted by Gasteiger charge is -2.14. The molecule has 0 saturated heterocycles. The number of nitrogens with two attached hydrogens (primary N) is 1. The number of hydrogen-bond acceptors (Lipinski definition) is 2. The van der Waals surface area contributed by atoms with Crippen molar-refractivity contribution in [2.75, 3.05) is 5.73 Å². The van der Waals surface area contributed by atoms with Crippen molar-refractivity contribution >= 4 is 16.7 Å². The summed E-state index contributed by atoms with van der Waals surface area (Å²) in [4.78, 5) is 4.85. The smallest absolute Gasteiger partial charge is 0.113 e. The number of benzene rings is 1. The first-order valence-corrected chi connectivity index (χ1v) is 7.48. The molecule has 2 N–H and O–H groups in total. The number of fused-ring (bicyclic) bond motifs is 1. The second kappa shape index (κ2) is 3.99. The van der Waals surface area contributed by atoms with Gasteiger partial charge < -0.3 is 10.3 Å². The van der Waals surface area contributed by atoms with E-state index in [4.69, 9.17) is 10.7 Å². The van der Waals surface area contributed by atoms with E-state index >= 15 is 0 Å². The summed E-state index contributed by atoms with van der Waals surface area (Å²) in [7, 11) is 0. The van der Waals surface area contributed by atoms with Gasteiger partial charge in [0.25, 0.3) is 0 Å². The zero-order chi connectivity index (χ0) is 13.0. The van der Waals surface area contributed by atoms with Crippen LogP contribution in [-0.4, -0.2) is 9.55 Å². The monoisotopic (exact) mass is 255 g/mol. The van der Waals surface area contributed by atoms with Gasteiger partial charge in [0.2, 0.25) is 0 Å². The van der Waals surface area contributed by atoms with Crippen LogP contribution in [0, 0.1) is 11.8 Å². The molecule has 100 valence electrons. The first-order chi connectivity index (χ1) is 9.22. The predicted molar refractivity (Wildman–Crippen MR) is 78.0 cm³/mol. The number of anilines is 1. The van der Waals surface area contributed by atoms with Crippen LogP contribution in [-0.2, 0) is 6.54 Å². The van der Waals surface area contributed by atoms with E-state index in [9.17, 15) is 0 Å². The second-order valence-corrected chi connectivity index (χ2v) is 6.42. The minimum Gasteiger partial charge on any atom is -0.399 e. The summed E-state index contributed by atoms with van der Waals surface area (Å²) in [6.07, 6.45) is 5.44. The number of aromatic nitrogens is 2. The molecule has 4 rings (SSSR count). The van der Waals surface area contributed by atoms with Crippen LogP contribution in [0.25, 0.3) is 11.0 Å². The first-order valence-electron chi connectivity index (χ1n) is 7.48. The highest BCUT2D eigenvalue weighted by atomic mass is 15.1. The summed E-state index contributed by atoms with van der Waals surface area (Å²) in [6, 6.07) is 6.15. The Kier molecular flexibility index (Phi) is 2.38. The van der Waals surface area contributed by atoms with Crippen LogP contribution in [0.1, 0.15) is 44.3 Å². The maximum Gasteiger partial charge on any atom is 0.113 e. The topological polar surface area (TPSA) is 43.8 Å². The van der Waals surface area contributed by atoms with Gasteiger partial charge in [0, 0.05) is 18.2 Å². The van der Waals surface area contributed by atoms with Crippen molar-refractivity contribution in [1.82, 2.24) is 9.55 Å². The van der Waals surface area contributed by atoms with Crippen molar-refractivity contribution in [2.45, 2.75) is 45.1 Å². The number of nitrogen functional groups attached to an aromatic ring is 1. The lowest BCUT2D eigenvalue weighted by Crippen LogP contribution is -2.11. The second-order valence-electron chi connectivity index (χ2n) is 6.42. The van der Waals surface area contributed by atoms with E-state index in [1.54, 1.807) is 0 Å². The van der Waals surface area contributed by atoms with Gasteiger partial charge in [-0.15, -0.1) is 0 Å². The Morgan fingerprint density at radius 2 is 2.11 bits per heavy atom. The molecule has 19 heavy (non-hydrogen) atoms. The van der Waals surface area contributed by atoms with E-state index in [0.29, 0.717) is 5.92 Å². The molecule has 0 radical (unpaired) electrons. The predicted octanol–water partition coefficient (Wildman–Crippen LogP) is 3.54. The third-order valence-electron chi connectivity index (χ3n) is 4.64. The van der Waals surface area contributed by atoms with Crippen molar-refractivity contribution < 1.29 is 0 Å². The van der Waals surface area contributed by atoms with Crippen molar-refractivity contribution in [3.63, 3.8) is 0 Å². The molecular weight excluding hydrogens is 234 g/mol. The minimum absolute atomic E-state index is 0.694. The average molecular weight is 255 g/mol. The standard InChI is InChI=1S/C16H21N3/c1-10(11-2-3-11)9-19-15-7-6-13(17)8-14(15)18-16(19)12-4-5-12/h6-8,10-12H,2-5,9,17H2,1H3. The summed E-state index contributed by atoms with van der Waals surface area (Å²) < 4.78 is 2.47. The maximum atomic E-state index is 5.89. The molecule has 1 heterocycles. The molecule has 2 aliphatic carbocycles. The Labute approximate surface area is 113 Å². The summed E-state index contributed by atoms with van der Waals surface area (Å²) in [5.74, 6) is 3.71. The fraction of sp³-hybridized carbons (Fsp3) is 0.562. The lowest BCUT2D eigenvalue weighted by atomic mass is 10.1. The third-order valence-corrected chi connectivity index (χ3v) is 4.64. The van der Waals surface area contributed by atoms with Crippen LogP contribution < -0.4 is 5.73 Å². The number of nitrogens with zero attached hydrogens (tertiary/aromatic N) is 2. The summed E-state index contributed by atoms with van der Waals surface area (Å²) in [5.41, 5.74) is 9.04. The minimum atomic E-state index is 0.694. The maximum absolute atomic E-state index is 5.89. The van der Waals surface area contributed by atoms with Gasteiger partial charge in [-0.25, -0.2) is 4.98 Å². The molecule has 2 saturated carbocycles. The van der Waals surface area contributed by atoms with E-state index in [-0.39, 0.29) is 0 Å². The Balaban J connectivity index is 1.78. The summed E-state index contributed by atoms with van der Waals surface area (Å²) in [6.45, 7) is 3.51. The third kappa shape index (κ3) is 2.01. The molecule has 0 spiro atoms. The van der Waals surface area contributed by atoms with Gasteiger partial charge in [-0.3, -0.25) is 0 Å². The molecule has 2 aliphatic rings. The van der Waals surface area contributed by atoms with Gasteiger partial charge >= 0.3 is 0 Å². The number of imidazole rings is 1. The van der Waals surface area contributed by atoms with Gasteiger partial charge in [0.1, 0.15) is 5.82 Å². The van der Waals surface area contributed by atoms with Gasteiger partial charge in [-0.1, -0.05) is 6.92 Å². The molecule has 0 aliphatic heterocycles. The van der Waals surface area contributed by atoms with Crippen LogP contribution in [0.4, 0.5) is 5.69 Å². The van der Waals surface area contributed by atoms with Crippen LogP contribution >= 0.6 is 0 Å². The van der Waals surface area contributed by atoms with Crippen LogP contribution in [0.2, 0.25) is 0 Å². The van der Waals surface area contributed by atoms with E-state index in [1.165, 1.54) is 37.0 Å². The molecule has 0 amide bonds. The average Bonchev–Trinajstić information content (AvgIpc) is 3.26. The van der Waals surface area contributed by atoms with Crippen molar-refractivity contribution in [3.05, 3.63) is 24.0 Å². The van der Waals surface area contributed by atoms with Crippen LogP contribution in [0.5, 0.6) is 0 Å². The van der Waals surface area contributed by atoms with Gasteiger partial charge in [0.15, 0.2) is 0 Å². The highest BCUT2D eigenvalue weighted by molar-refractivity contribution is 5.79. The van der Waals surface area contributed by atoms with Crippen LogP contribution in [0.3, 0.4) is 0 Å². The largest absolute Gasteiger partial charge is 0.399 e. The Hall–Kier alpha value is -1.51. The van der Waals surface area contributed by atoms with E-state index in [2.05, 4.69) is 17.6 Å². The molecule has 3 heteroatoms. The van der Waals surface area contributed by atoms with Gasteiger partial charge in [0.05, 0.1) is 11.0 Å². The first kappa shape index (κ1) is 11.3. The zero-order valence-corrected chi connectivity index (χ0v) is 11.5. The summed E-state index contributed by atoms with van der Waals surface area (Å²) in [5, 5.41) is 0. The quantitative estimate of drug-likeness (QED) is 0.849.